The minimum Gasteiger partial charge on any atom is -0.491 e. The Balaban J connectivity index is 2.55. The first-order chi connectivity index (χ1) is 9.38. The SMILES string of the molecule is CC(=O)NC(CNc1ccc(OC(C)C)cc1)C(=O)O. The topological polar surface area (TPSA) is 87.7 Å². The van der Waals surface area contributed by atoms with Crippen molar-refractivity contribution in [2.45, 2.75) is 32.9 Å². The van der Waals surface area contributed by atoms with E-state index in [1.165, 1.54) is 6.92 Å². The smallest absolute Gasteiger partial charge is 0.328 e. The van der Waals surface area contributed by atoms with Gasteiger partial charge in [-0.05, 0) is 38.1 Å². The highest BCUT2D eigenvalue weighted by atomic mass is 16.5. The Hall–Kier alpha value is -2.24. The molecule has 0 aliphatic rings. The molecule has 0 radical (unpaired) electrons. The van der Waals surface area contributed by atoms with E-state index in [0.29, 0.717) is 0 Å². The molecule has 0 saturated carbocycles. The van der Waals surface area contributed by atoms with Gasteiger partial charge in [0.15, 0.2) is 0 Å². The summed E-state index contributed by atoms with van der Waals surface area (Å²) < 4.78 is 5.51. The molecule has 3 N–H and O–H groups in total. The Bertz CT molecular complexity index is 457. The van der Waals surface area contributed by atoms with E-state index in [1.54, 1.807) is 24.3 Å². The molecule has 0 bridgehead atoms. The first-order valence-corrected chi connectivity index (χ1v) is 6.39. The van der Waals surface area contributed by atoms with Crippen LogP contribution in [-0.4, -0.2) is 35.7 Å². The number of rotatable bonds is 7. The molecule has 0 aliphatic carbocycles. The molecule has 0 aliphatic heterocycles. The van der Waals surface area contributed by atoms with Crippen LogP contribution in [0.3, 0.4) is 0 Å². The van der Waals surface area contributed by atoms with E-state index in [4.69, 9.17) is 9.84 Å². The lowest BCUT2D eigenvalue weighted by Crippen LogP contribution is -2.44. The summed E-state index contributed by atoms with van der Waals surface area (Å²) in [5.74, 6) is -0.700. The fourth-order valence-corrected chi connectivity index (χ4v) is 1.59. The number of carbonyl (C=O) groups excluding carboxylic acids is 1. The lowest BCUT2D eigenvalue weighted by molar-refractivity contribution is -0.141. The number of aliphatic carboxylic acids is 1. The van der Waals surface area contributed by atoms with Crippen LogP contribution in [0.25, 0.3) is 0 Å². The predicted octanol–water partition coefficient (Wildman–Crippen LogP) is 1.47. The molecule has 110 valence electrons. The van der Waals surface area contributed by atoms with Crippen molar-refractivity contribution in [3.63, 3.8) is 0 Å². The first kappa shape index (κ1) is 15.8. The molecule has 1 rings (SSSR count). The van der Waals surface area contributed by atoms with Gasteiger partial charge < -0.3 is 20.5 Å². The van der Waals surface area contributed by atoms with Crippen molar-refractivity contribution in [3.05, 3.63) is 24.3 Å². The Morgan fingerprint density at radius 3 is 2.30 bits per heavy atom. The number of carboxylic acid groups (broad SMARTS) is 1. The molecule has 0 heterocycles. The van der Waals surface area contributed by atoms with Crippen LogP contribution in [0.5, 0.6) is 5.75 Å². The van der Waals surface area contributed by atoms with E-state index in [-0.39, 0.29) is 18.6 Å². The summed E-state index contributed by atoms with van der Waals surface area (Å²) in [5.41, 5.74) is 0.762. The lowest BCUT2D eigenvalue weighted by Gasteiger charge is -2.15. The molecule has 0 aromatic heterocycles. The average Bonchev–Trinajstić information content (AvgIpc) is 2.34. The van der Waals surface area contributed by atoms with Crippen molar-refractivity contribution in [2.75, 3.05) is 11.9 Å². The molecule has 1 atom stereocenters. The summed E-state index contributed by atoms with van der Waals surface area (Å²) in [6.07, 6.45) is 0.102. The molecule has 1 aromatic carbocycles. The van der Waals surface area contributed by atoms with Crippen LogP contribution in [0.2, 0.25) is 0 Å². The van der Waals surface area contributed by atoms with Gasteiger partial charge in [0.2, 0.25) is 5.91 Å². The van der Waals surface area contributed by atoms with Crippen LogP contribution in [-0.2, 0) is 9.59 Å². The number of amides is 1. The third-order valence-electron chi connectivity index (χ3n) is 2.41. The Labute approximate surface area is 118 Å². The number of hydrogen-bond acceptors (Lipinski definition) is 4. The standard InChI is InChI=1S/C14H20N2O4/c1-9(2)20-12-6-4-11(5-7-12)15-8-13(14(18)19)16-10(3)17/h4-7,9,13,15H,8H2,1-3H3,(H,16,17)(H,18,19). The van der Waals surface area contributed by atoms with Gasteiger partial charge in [-0.3, -0.25) is 4.79 Å². The highest BCUT2D eigenvalue weighted by Crippen LogP contribution is 2.16. The Morgan fingerprint density at radius 1 is 1.25 bits per heavy atom. The van der Waals surface area contributed by atoms with Gasteiger partial charge in [-0.1, -0.05) is 0 Å². The molecule has 1 aromatic rings. The van der Waals surface area contributed by atoms with Crippen molar-refractivity contribution < 1.29 is 19.4 Å². The van der Waals surface area contributed by atoms with E-state index >= 15 is 0 Å². The summed E-state index contributed by atoms with van der Waals surface area (Å²) in [5, 5.41) is 14.3. The summed E-state index contributed by atoms with van der Waals surface area (Å²) in [4.78, 5) is 21.9. The number of nitrogens with one attached hydrogen (secondary N) is 2. The summed E-state index contributed by atoms with van der Waals surface area (Å²) in [6.45, 7) is 5.28. The molecular weight excluding hydrogens is 260 g/mol. The molecule has 1 amide bonds. The van der Waals surface area contributed by atoms with Crippen LogP contribution in [0.15, 0.2) is 24.3 Å². The van der Waals surface area contributed by atoms with E-state index in [2.05, 4.69) is 10.6 Å². The Kier molecular flexibility index (Phi) is 5.83. The van der Waals surface area contributed by atoms with Crippen LogP contribution in [0, 0.1) is 0 Å². The largest absolute Gasteiger partial charge is 0.491 e. The number of benzene rings is 1. The van der Waals surface area contributed by atoms with Crippen LogP contribution in [0.1, 0.15) is 20.8 Å². The van der Waals surface area contributed by atoms with E-state index < -0.39 is 12.0 Å². The Morgan fingerprint density at radius 2 is 1.85 bits per heavy atom. The third kappa shape index (κ3) is 5.60. The maximum Gasteiger partial charge on any atom is 0.328 e. The lowest BCUT2D eigenvalue weighted by atomic mass is 10.2. The second-order valence-corrected chi connectivity index (χ2v) is 4.66. The van der Waals surface area contributed by atoms with Gasteiger partial charge in [0.1, 0.15) is 11.8 Å². The molecule has 0 fully saturated rings. The zero-order chi connectivity index (χ0) is 15.1. The average molecular weight is 280 g/mol. The second kappa shape index (κ2) is 7.37. The maximum absolute atomic E-state index is 11.0. The molecule has 6 heteroatoms. The van der Waals surface area contributed by atoms with Gasteiger partial charge in [0.25, 0.3) is 0 Å². The maximum atomic E-state index is 11.0. The zero-order valence-electron chi connectivity index (χ0n) is 11.8. The predicted molar refractivity (Wildman–Crippen MR) is 75.9 cm³/mol. The van der Waals surface area contributed by atoms with Gasteiger partial charge in [-0.25, -0.2) is 4.79 Å². The second-order valence-electron chi connectivity index (χ2n) is 4.66. The van der Waals surface area contributed by atoms with Crippen molar-refractivity contribution in [2.24, 2.45) is 0 Å². The summed E-state index contributed by atoms with van der Waals surface area (Å²) in [7, 11) is 0. The van der Waals surface area contributed by atoms with Gasteiger partial charge in [0.05, 0.1) is 6.10 Å². The molecule has 20 heavy (non-hydrogen) atoms. The monoisotopic (exact) mass is 280 g/mol. The van der Waals surface area contributed by atoms with Gasteiger partial charge in [0, 0.05) is 19.2 Å². The fourth-order valence-electron chi connectivity index (χ4n) is 1.59. The van der Waals surface area contributed by atoms with Crippen molar-refractivity contribution in [1.82, 2.24) is 5.32 Å². The van der Waals surface area contributed by atoms with Crippen molar-refractivity contribution in [3.8, 4) is 5.75 Å². The number of carboxylic acids is 1. The highest BCUT2D eigenvalue weighted by molar-refractivity contribution is 5.82. The molecule has 1 unspecified atom stereocenters. The molecule has 6 nitrogen and oxygen atoms in total. The van der Waals surface area contributed by atoms with Crippen LogP contribution < -0.4 is 15.4 Å². The number of hydrogen-bond donors (Lipinski definition) is 3. The van der Waals surface area contributed by atoms with Gasteiger partial charge in [-0.15, -0.1) is 0 Å². The highest BCUT2D eigenvalue weighted by Gasteiger charge is 2.17. The molecule has 0 spiro atoms. The van der Waals surface area contributed by atoms with E-state index in [0.717, 1.165) is 11.4 Å². The quantitative estimate of drug-likeness (QED) is 0.704. The van der Waals surface area contributed by atoms with Crippen LogP contribution >= 0.6 is 0 Å². The number of anilines is 1. The van der Waals surface area contributed by atoms with Gasteiger partial charge in [-0.2, -0.15) is 0 Å². The third-order valence-corrected chi connectivity index (χ3v) is 2.41. The summed E-state index contributed by atoms with van der Waals surface area (Å²) in [6, 6.07) is 6.24. The molecular formula is C14H20N2O4. The fraction of sp³-hybridized carbons (Fsp3) is 0.429. The zero-order valence-corrected chi connectivity index (χ0v) is 11.8. The van der Waals surface area contributed by atoms with Crippen LogP contribution in [0.4, 0.5) is 5.69 Å². The minimum absolute atomic E-state index is 0.102. The summed E-state index contributed by atoms with van der Waals surface area (Å²) >= 11 is 0. The molecule has 0 saturated heterocycles. The van der Waals surface area contributed by atoms with Crippen molar-refractivity contribution in [1.29, 1.82) is 0 Å². The van der Waals surface area contributed by atoms with E-state index in [9.17, 15) is 9.59 Å². The van der Waals surface area contributed by atoms with E-state index in [1.807, 2.05) is 13.8 Å². The first-order valence-electron chi connectivity index (χ1n) is 6.39. The van der Waals surface area contributed by atoms with Crippen molar-refractivity contribution >= 4 is 17.6 Å². The minimum atomic E-state index is -1.08. The normalized spacial score (nSPS) is 11.8. The van der Waals surface area contributed by atoms with Gasteiger partial charge >= 0.3 is 5.97 Å². The number of ether oxygens (including phenoxy) is 1. The number of carbonyl (C=O) groups is 2.